The molecule has 1 aromatic carbocycles. The molecule has 0 saturated heterocycles. The Hall–Kier alpha value is -2.36. The Labute approximate surface area is 112 Å². The van der Waals surface area contributed by atoms with E-state index in [1.54, 1.807) is 19.1 Å². The molecule has 2 aromatic rings. The van der Waals surface area contributed by atoms with E-state index in [1.165, 1.54) is 6.07 Å². The topological polar surface area (TPSA) is 62.2 Å². The van der Waals surface area contributed by atoms with E-state index in [2.05, 4.69) is 10.3 Å². The summed E-state index contributed by atoms with van der Waals surface area (Å²) in [4.78, 5) is 16.3. The molecule has 4 heteroatoms. The zero-order valence-electron chi connectivity index (χ0n) is 11.0. The van der Waals surface area contributed by atoms with Crippen molar-refractivity contribution in [1.29, 1.82) is 0 Å². The summed E-state index contributed by atoms with van der Waals surface area (Å²) < 4.78 is 0. The molecular weight excluding hydrogens is 240 g/mol. The summed E-state index contributed by atoms with van der Waals surface area (Å²) >= 11 is 0. The Morgan fingerprint density at radius 2 is 2.05 bits per heavy atom. The van der Waals surface area contributed by atoms with Gasteiger partial charge in [-0.15, -0.1) is 0 Å². The van der Waals surface area contributed by atoms with Gasteiger partial charge in [0.1, 0.15) is 5.75 Å². The van der Waals surface area contributed by atoms with Crippen LogP contribution in [0.1, 0.15) is 27.3 Å². The molecule has 0 radical (unpaired) electrons. The minimum absolute atomic E-state index is 0.175. The highest BCUT2D eigenvalue weighted by Gasteiger charge is 2.07. The average molecular weight is 256 g/mol. The van der Waals surface area contributed by atoms with E-state index in [0.29, 0.717) is 17.7 Å². The van der Waals surface area contributed by atoms with Crippen LogP contribution in [0, 0.1) is 13.8 Å². The number of carbonyl (C=O) groups is 1. The summed E-state index contributed by atoms with van der Waals surface area (Å²) in [5.74, 6) is 0.0170. The normalized spacial score (nSPS) is 10.2. The first-order chi connectivity index (χ1) is 9.06. The molecule has 2 rings (SSSR count). The molecule has 0 unspecified atom stereocenters. The maximum atomic E-state index is 11.9. The Balaban J connectivity index is 2.03. The monoisotopic (exact) mass is 256 g/mol. The van der Waals surface area contributed by atoms with Gasteiger partial charge in [0.05, 0.1) is 12.2 Å². The van der Waals surface area contributed by atoms with Gasteiger partial charge in [-0.3, -0.25) is 9.78 Å². The number of phenolic OH excluding ortho intramolecular Hbond substituents is 1. The highest BCUT2D eigenvalue weighted by molar-refractivity contribution is 5.94. The fraction of sp³-hybridized carbons (Fsp3) is 0.200. The van der Waals surface area contributed by atoms with Gasteiger partial charge in [0.25, 0.3) is 5.91 Å². The van der Waals surface area contributed by atoms with Gasteiger partial charge >= 0.3 is 0 Å². The number of rotatable bonds is 3. The number of aromatic nitrogens is 1. The number of nitrogens with one attached hydrogen (secondary N) is 1. The molecule has 1 aromatic heterocycles. The summed E-state index contributed by atoms with van der Waals surface area (Å²) in [5.41, 5.74) is 2.96. The fourth-order valence-corrected chi connectivity index (χ4v) is 1.77. The van der Waals surface area contributed by atoms with Crippen molar-refractivity contribution in [2.75, 3.05) is 0 Å². The first-order valence-electron chi connectivity index (χ1n) is 6.06. The SMILES string of the molecule is Cc1cccc(CNC(=O)c2ccc(O)c(C)c2)n1. The molecule has 4 nitrogen and oxygen atoms in total. The lowest BCUT2D eigenvalue weighted by atomic mass is 10.1. The van der Waals surface area contributed by atoms with Gasteiger partial charge in [-0.2, -0.15) is 0 Å². The zero-order valence-corrected chi connectivity index (χ0v) is 11.0. The van der Waals surface area contributed by atoms with Crippen LogP contribution in [0.25, 0.3) is 0 Å². The number of aryl methyl sites for hydroxylation is 2. The number of hydrogen-bond acceptors (Lipinski definition) is 3. The lowest BCUT2D eigenvalue weighted by Gasteiger charge is -2.07. The summed E-state index contributed by atoms with van der Waals surface area (Å²) in [6.45, 7) is 4.06. The van der Waals surface area contributed by atoms with Crippen molar-refractivity contribution in [3.05, 3.63) is 58.9 Å². The molecule has 1 amide bonds. The minimum atomic E-state index is -0.175. The molecule has 0 aliphatic carbocycles. The molecule has 1 heterocycles. The second-order valence-electron chi connectivity index (χ2n) is 4.45. The number of nitrogens with zero attached hydrogens (tertiary/aromatic N) is 1. The number of carbonyl (C=O) groups excluding carboxylic acids is 1. The maximum Gasteiger partial charge on any atom is 0.251 e. The van der Waals surface area contributed by atoms with Gasteiger partial charge in [-0.05, 0) is 49.7 Å². The van der Waals surface area contributed by atoms with Gasteiger partial charge < -0.3 is 10.4 Å². The van der Waals surface area contributed by atoms with Crippen molar-refractivity contribution in [2.45, 2.75) is 20.4 Å². The second kappa shape index (κ2) is 5.52. The number of amides is 1. The van der Waals surface area contributed by atoms with Crippen molar-refractivity contribution in [3.63, 3.8) is 0 Å². The summed E-state index contributed by atoms with van der Waals surface area (Å²) in [7, 11) is 0. The summed E-state index contributed by atoms with van der Waals surface area (Å²) in [6, 6.07) is 10.5. The van der Waals surface area contributed by atoms with E-state index >= 15 is 0 Å². The number of pyridine rings is 1. The first kappa shape index (κ1) is 13.1. The average Bonchev–Trinajstić information content (AvgIpc) is 2.39. The standard InChI is InChI=1S/C15H16N2O2/c1-10-8-12(6-7-14(10)18)15(19)16-9-13-5-3-4-11(2)17-13/h3-8,18H,9H2,1-2H3,(H,16,19). The molecule has 0 aliphatic rings. The molecule has 0 spiro atoms. The third kappa shape index (κ3) is 3.31. The third-order valence-electron chi connectivity index (χ3n) is 2.84. The third-order valence-corrected chi connectivity index (χ3v) is 2.84. The van der Waals surface area contributed by atoms with Crippen LogP contribution in [0.15, 0.2) is 36.4 Å². The molecule has 98 valence electrons. The predicted octanol–water partition coefficient (Wildman–Crippen LogP) is 2.33. The highest BCUT2D eigenvalue weighted by Crippen LogP contribution is 2.16. The van der Waals surface area contributed by atoms with Gasteiger partial charge in [0.2, 0.25) is 0 Å². The van der Waals surface area contributed by atoms with Crippen molar-refractivity contribution < 1.29 is 9.90 Å². The van der Waals surface area contributed by atoms with E-state index < -0.39 is 0 Å². The molecule has 0 aliphatic heterocycles. The Kier molecular flexibility index (Phi) is 3.80. The number of hydrogen-bond donors (Lipinski definition) is 2. The van der Waals surface area contributed by atoms with Crippen LogP contribution >= 0.6 is 0 Å². The van der Waals surface area contributed by atoms with Crippen LogP contribution in [0.3, 0.4) is 0 Å². The first-order valence-corrected chi connectivity index (χ1v) is 6.06. The number of benzene rings is 1. The Morgan fingerprint density at radius 1 is 1.26 bits per heavy atom. The smallest absolute Gasteiger partial charge is 0.251 e. The van der Waals surface area contributed by atoms with E-state index in [1.807, 2.05) is 25.1 Å². The van der Waals surface area contributed by atoms with Crippen LogP contribution in [0.5, 0.6) is 5.75 Å². The van der Waals surface area contributed by atoms with E-state index in [9.17, 15) is 9.90 Å². The van der Waals surface area contributed by atoms with Crippen molar-refractivity contribution >= 4 is 5.91 Å². The van der Waals surface area contributed by atoms with Crippen molar-refractivity contribution in [2.24, 2.45) is 0 Å². The molecule has 0 bridgehead atoms. The van der Waals surface area contributed by atoms with E-state index in [4.69, 9.17) is 0 Å². The van der Waals surface area contributed by atoms with Gasteiger partial charge in [-0.1, -0.05) is 6.07 Å². The fourth-order valence-electron chi connectivity index (χ4n) is 1.77. The number of phenols is 1. The van der Waals surface area contributed by atoms with Gasteiger partial charge in [-0.25, -0.2) is 0 Å². The van der Waals surface area contributed by atoms with Gasteiger partial charge in [0.15, 0.2) is 0 Å². The lowest BCUT2D eigenvalue weighted by molar-refractivity contribution is 0.0950. The van der Waals surface area contributed by atoms with Crippen LogP contribution < -0.4 is 5.32 Å². The minimum Gasteiger partial charge on any atom is -0.508 e. The van der Waals surface area contributed by atoms with Gasteiger partial charge in [0, 0.05) is 11.3 Å². The molecule has 0 saturated carbocycles. The molecule has 0 fully saturated rings. The van der Waals surface area contributed by atoms with Crippen molar-refractivity contribution in [3.8, 4) is 5.75 Å². The maximum absolute atomic E-state index is 11.9. The van der Waals surface area contributed by atoms with Crippen molar-refractivity contribution in [1.82, 2.24) is 10.3 Å². The van der Waals surface area contributed by atoms with Crippen LogP contribution in [0.2, 0.25) is 0 Å². The summed E-state index contributed by atoms with van der Waals surface area (Å²) in [6.07, 6.45) is 0. The molecule has 2 N–H and O–H groups in total. The number of aromatic hydroxyl groups is 1. The second-order valence-corrected chi connectivity index (χ2v) is 4.45. The van der Waals surface area contributed by atoms with E-state index in [-0.39, 0.29) is 11.7 Å². The summed E-state index contributed by atoms with van der Waals surface area (Å²) in [5, 5.41) is 12.2. The Morgan fingerprint density at radius 3 is 2.74 bits per heavy atom. The highest BCUT2D eigenvalue weighted by atomic mass is 16.3. The zero-order chi connectivity index (χ0) is 13.8. The molecule has 0 atom stereocenters. The predicted molar refractivity (Wildman–Crippen MR) is 73.0 cm³/mol. The van der Waals surface area contributed by atoms with Crippen LogP contribution in [0.4, 0.5) is 0 Å². The largest absolute Gasteiger partial charge is 0.508 e. The molecular formula is C15H16N2O2. The van der Waals surface area contributed by atoms with Crippen LogP contribution in [-0.4, -0.2) is 16.0 Å². The Bertz CT molecular complexity index is 609. The van der Waals surface area contributed by atoms with E-state index in [0.717, 1.165) is 11.4 Å². The van der Waals surface area contributed by atoms with Crippen LogP contribution in [-0.2, 0) is 6.54 Å². The lowest BCUT2D eigenvalue weighted by Crippen LogP contribution is -2.23. The quantitative estimate of drug-likeness (QED) is 0.886. The molecule has 19 heavy (non-hydrogen) atoms.